The minimum absolute atomic E-state index is 0.594. The number of halogens is 1. The molecule has 0 saturated carbocycles. The number of ether oxygens (including phenoxy) is 2. The zero-order valence-electron chi connectivity index (χ0n) is 16.8. The summed E-state index contributed by atoms with van der Waals surface area (Å²) in [4.78, 5) is 0. The minimum Gasteiger partial charge on any atom is -0.494 e. The predicted octanol–water partition coefficient (Wildman–Crippen LogP) is 6.80. The molecule has 0 aliphatic rings. The number of rotatable bonds is 12. The van der Waals surface area contributed by atoms with Crippen LogP contribution in [0.25, 0.3) is 0 Å². The third kappa shape index (κ3) is 7.72. The third-order valence-corrected chi connectivity index (χ3v) is 5.08. The maximum atomic E-state index is 6.19. The smallest absolute Gasteiger partial charge is 0.120 e. The number of benzene rings is 2. The van der Waals surface area contributed by atoms with Crippen LogP contribution in [0.5, 0.6) is 11.5 Å². The van der Waals surface area contributed by atoms with Gasteiger partial charge >= 0.3 is 0 Å². The molecule has 2 rings (SSSR count). The van der Waals surface area contributed by atoms with Crippen LogP contribution in [0.15, 0.2) is 36.4 Å². The van der Waals surface area contributed by atoms with Crippen molar-refractivity contribution in [2.24, 2.45) is 0 Å². The first-order valence-corrected chi connectivity index (χ1v) is 10.3. The van der Waals surface area contributed by atoms with Crippen molar-refractivity contribution in [3.05, 3.63) is 52.5 Å². The molecule has 27 heavy (non-hydrogen) atoms. The summed E-state index contributed by atoms with van der Waals surface area (Å²) in [5.41, 5.74) is 3.15. The number of aryl methyl sites for hydroxylation is 2. The van der Waals surface area contributed by atoms with Gasteiger partial charge in [-0.25, -0.2) is 0 Å². The molecule has 0 bridgehead atoms. The second-order valence-electron chi connectivity index (χ2n) is 6.93. The molecule has 0 radical (unpaired) electrons. The summed E-state index contributed by atoms with van der Waals surface area (Å²) in [6, 6.07) is 12.1. The Morgan fingerprint density at radius 3 is 2.11 bits per heavy atom. The summed E-state index contributed by atoms with van der Waals surface area (Å²) in [7, 11) is 0. The van der Waals surface area contributed by atoms with Crippen LogP contribution >= 0.6 is 11.6 Å². The van der Waals surface area contributed by atoms with E-state index in [1.54, 1.807) is 0 Å². The molecule has 3 nitrogen and oxygen atoms in total. The Labute approximate surface area is 169 Å². The molecule has 2 aromatic carbocycles. The lowest BCUT2D eigenvalue weighted by Crippen LogP contribution is -2.11. The molecule has 0 amide bonds. The molecule has 4 heteroatoms. The van der Waals surface area contributed by atoms with Crippen molar-refractivity contribution in [3.63, 3.8) is 0 Å². The quantitative estimate of drug-likeness (QED) is 0.405. The topological polar surface area (TPSA) is 30.5 Å². The zero-order chi connectivity index (χ0) is 19.5. The number of nitrogens with one attached hydrogen (secondary N) is 1. The Bertz CT molecular complexity index is 662. The fourth-order valence-electron chi connectivity index (χ4n) is 2.92. The molecule has 0 fully saturated rings. The summed E-state index contributed by atoms with van der Waals surface area (Å²) < 4.78 is 11.6. The van der Waals surface area contributed by atoms with Crippen LogP contribution in [0.4, 0.5) is 5.69 Å². The predicted molar refractivity (Wildman–Crippen MR) is 116 cm³/mol. The largest absolute Gasteiger partial charge is 0.494 e. The maximum Gasteiger partial charge on any atom is 0.120 e. The monoisotopic (exact) mass is 389 g/mol. The normalized spacial score (nSPS) is 10.7. The van der Waals surface area contributed by atoms with E-state index in [-0.39, 0.29) is 0 Å². The molecule has 0 saturated heterocycles. The fourth-order valence-corrected chi connectivity index (χ4v) is 3.03. The average Bonchev–Trinajstić information content (AvgIpc) is 2.67. The molecular formula is C23H32ClNO2. The lowest BCUT2D eigenvalue weighted by atomic mass is 10.1. The van der Waals surface area contributed by atoms with Gasteiger partial charge in [0.2, 0.25) is 0 Å². The highest BCUT2D eigenvalue weighted by atomic mass is 35.5. The molecule has 148 valence electrons. The molecule has 0 aliphatic carbocycles. The van der Waals surface area contributed by atoms with Crippen LogP contribution in [0.1, 0.15) is 50.2 Å². The first kappa shape index (κ1) is 21.4. The Morgan fingerprint density at radius 1 is 0.815 bits per heavy atom. The van der Waals surface area contributed by atoms with Crippen LogP contribution in [0.3, 0.4) is 0 Å². The third-order valence-electron chi connectivity index (χ3n) is 4.48. The van der Waals surface area contributed by atoms with Gasteiger partial charge in [0.05, 0.1) is 6.61 Å². The molecule has 0 aromatic heterocycles. The Balaban J connectivity index is 1.65. The van der Waals surface area contributed by atoms with Gasteiger partial charge in [0.1, 0.15) is 18.1 Å². The minimum atomic E-state index is 0.594. The number of unbranched alkanes of at least 4 members (excludes halogenated alkanes) is 4. The van der Waals surface area contributed by atoms with Gasteiger partial charge < -0.3 is 14.8 Å². The summed E-state index contributed by atoms with van der Waals surface area (Å²) >= 11 is 6.19. The number of hydrogen-bond donors (Lipinski definition) is 1. The van der Waals surface area contributed by atoms with Crippen molar-refractivity contribution >= 4 is 17.3 Å². The van der Waals surface area contributed by atoms with Crippen LogP contribution in [-0.4, -0.2) is 19.8 Å². The molecule has 2 aromatic rings. The zero-order valence-corrected chi connectivity index (χ0v) is 17.6. The highest BCUT2D eigenvalue weighted by molar-refractivity contribution is 6.32. The molecule has 0 atom stereocenters. The Kier molecular flexibility index (Phi) is 9.34. The SMILES string of the molecule is CCCCCCCOc1ccc(NCCOc2cc(C)c(Cl)c(C)c2)cc1. The van der Waals surface area contributed by atoms with Gasteiger partial charge in [-0.3, -0.25) is 0 Å². The molecule has 0 unspecified atom stereocenters. The van der Waals surface area contributed by atoms with E-state index in [0.29, 0.717) is 6.61 Å². The van der Waals surface area contributed by atoms with Crippen molar-refractivity contribution in [2.75, 3.05) is 25.1 Å². The number of hydrogen-bond acceptors (Lipinski definition) is 3. The van der Waals surface area contributed by atoms with Crippen LogP contribution in [0.2, 0.25) is 5.02 Å². The molecule has 0 heterocycles. The van der Waals surface area contributed by atoms with Gasteiger partial charge in [-0.05, 0) is 67.8 Å². The van der Waals surface area contributed by atoms with Gasteiger partial charge in [-0.2, -0.15) is 0 Å². The second-order valence-corrected chi connectivity index (χ2v) is 7.31. The van der Waals surface area contributed by atoms with Gasteiger partial charge in [0.25, 0.3) is 0 Å². The van der Waals surface area contributed by atoms with Crippen molar-refractivity contribution in [3.8, 4) is 11.5 Å². The lowest BCUT2D eigenvalue weighted by Gasteiger charge is -2.12. The van der Waals surface area contributed by atoms with Gasteiger partial charge in [-0.1, -0.05) is 44.2 Å². The van der Waals surface area contributed by atoms with Gasteiger partial charge in [0, 0.05) is 17.3 Å². The van der Waals surface area contributed by atoms with Crippen LogP contribution in [0, 0.1) is 13.8 Å². The standard InChI is InChI=1S/C23H32ClNO2/c1-4-5-6-7-8-14-26-21-11-9-20(10-12-21)25-13-15-27-22-16-18(2)23(24)19(3)17-22/h9-12,16-17,25H,4-8,13-15H2,1-3H3. The van der Waals surface area contributed by atoms with Crippen molar-refractivity contribution < 1.29 is 9.47 Å². The van der Waals surface area contributed by atoms with E-state index in [9.17, 15) is 0 Å². The van der Waals surface area contributed by atoms with E-state index in [2.05, 4.69) is 12.2 Å². The highest BCUT2D eigenvalue weighted by Gasteiger charge is 2.03. The van der Waals surface area contributed by atoms with E-state index in [4.69, 9.17) is 21.1 Å². The Morgan fingerprint density at radius 2 is 1.44 bits per heavy atom. The number of anilines is 1. The fraction of sp³-hybridized carbons (Fsp3) is 0.478. The summed E-state index contributed by atoms with van der Waals surface area (Å²) in [6.07, 6.45) is 6.28. The summed E-state index contributed by atoms with van der Waals surface area (Å²) in [5.74, 6) is 1.79. The van der Waals surface area contributed by atoms with E-state index in [0.717, 1.165) is 52.9 Å². The average molecular weight is 390 g/mol. The highest BCUT2D eigenvalue weighted by Crippen LogP contribution is 2.25. The van der Waals surface area contributed by atoms with E-state index >= 15 is 0 Å². The van der Waals surface area contributed by atoms with Crippen LogP contribution < -0.4 is 14.8 Å². The van der Waals surface area contributed by atoms with Crippen LogP contribution in [-0.2, 0) is 0 Å². The first-order valence-electron chi connectivity index (χ1n) is 9.96. The molecule has 0 spiro atoms. The van der Waals surface area contributed by atoms with E-state index < -0.39 is 0 Å². The van der Waals surface area contributed by atoms with Gasteiger partial charge in [0.15, 0.2) is 0 Å². The van der Waals surface area contributed by atoms with E-state index in [1.807, 2.05) is 50.2 Å². The van der Waals surface area contributed by atoms with Crippen molar-refractivity contribution in [2.45, 2.75) is 52.9 Å². The molecular weight excluding hydrogens is 358 g/mol. The second kappa shape index (κ2) is 11.8. The lowest BCUT2D eigenvalue weighted by molar-refractivity contribution is 0.304. The van der Waals surface area contributed by atoms with Crippen molar-refractivity contribution in [1.82, 2.24) is 0 Å². The first-order chi connectivity index (χ1) is 13.1. The summed E-state index contributed by atoms with van der Waals surface area (Å²) in [5, 5.41) is 4.18. The maximum absolute atomic E-state index is 6.19. The van der Waals surface area contributed by atoms with Gasteiger partial charge in [-0.15, -0.1) is 0 Å². The summed E-state index contributed by atoms with van der Waals surface area (Å²) in [6.45, 7) is 8.35. The van der Waals surface area contributed by atoms with E-state index in [1.165, 1.54) is 25.7 Å². The molecule has 1 N–H and O–H groups in total. The molecule has 0 aliphatic heterocycles. The van der Waals surface area contributed by atoms with Crippen molar-refractivity contribution in [1.29, 1.82) is 0 Å². The Hall–Kier alpha value is -1.87.